The zero-order valence-corrected chi connectivity index (χ0v) is 21.6. The highest BCUT2D eigenvalue weighted by atomic mass is 32.1. The monoisotopic (exact) mass is 462 g/mol. The quantitative estimate of drug-likeness (QED) is 0.344. The lowest BCUT2D eigenvalue weighted by Crippen LogP contribution is -2.36. The van der Waals surface area contributed by atoms with Crippen molar-refractivity contribution in [2.24, 2.45) is 10.8 Å². The maximum absolute atomic E-state index is 5.45. The Balaban J connectivity index is 2.10. The summed E-state index contributed by atoms with van der Waals surface area (Å²) in [5.74, 6) is 1.94. The van der Waals surface area contributed by atoms with Crippen LogP contribution in [0.1, 0.15) is 90.4 Å². The Hall–Kier alpha value is 0.01000. The molecular weight excluding hydrogens is 420 g/mol. The van der Waals surface area contributed by atoms with Crippen molar-refractivity contribution < 1.29 is 0 Å². The van der Waals surface area contributed by atoms with E-state index in [2.05, 4.69) is 43.4 Å². The minimum Gasteiger partial charge on any atom is -0.179 e. The van der Waals surface area contributed by atoms with E-state index in [1.807, 2.05) is 0 Å². The Kier molecular flexibility index (Phi) is 9.23. The lowest BCUT2D eigenvalue weighted by Gasteiger charge is -2.42. The fraction of sp³-hybridized carbons (Fsp3) is 0.704. The molecule has 1 fully saturated rings. The number of allylic oxidation sites excluding steroid dienone is 7. The second-order valence-corrected chi connectivity index (χ2v) is 11.7. The molecule has 3 unspecified atom stereocenters. The Morgan fingerprint density at radius 2 is 1.50 bits per heavy atom. The molecule has 0 aromatic rings. The summed E-state index contributed by atoms with van der Waals surface area (Å²) in [4.78, 5) is 0. The van der Waals surface area contributed by atoms with Crippen molar-refractivity contribution in [1.82, 2.24) is 0 Å². The van der Waals surface area contributed by atoms with Crippen LogP contribution in [-0.4, -0.2) is 16.3 Å². The van der Waals surface area contributed by atoms with Crippen LogP contribution in [0.4, 0.5) is 0 Å². The van der Waals surface area contributed by atoms with Gasteiger partial charge in [0.2, 0.25) is 0 Å². The molecule has 3 heteroatoms. The summed E-state index contributed by atoms with van der Waals surface area (Å²) in [6.45, 7) is 2.37. The molecule has 4 aliphatic rings. The predicted molar refractivity (Wildman–Crippen MR) is 144 cm³/mol. The van der Waals surface area contributed by atoms with Gasteiger partial charge in [-0.1, -0.05) is 81.9 Å². The zero-order valence-electron chi connectivity index (χ0n) is 18.9. The van der Waals surface area contributed by atoms with E-state index in [0.29, 0.717) is 5.41 Å². The van der Waals surface area contributed by atoms with Crippen LogP contribution >= 0.6 is 37.9 Å². The van der Waals surface area contributed by atoms with Crippen LogP contribution in [0.3, 0.4) is 0 Å². The van der Waals surface area contributed by atoms with E-state index in [4.69, 9.17) is 37.9 Å². The highest BCUT2D eigenvalue weighted by Gasteiger charge is 2.40. The molecule has 1 saturated carbocycles. The molecule has 3 atom stereocenters. The molecule has 0 heterocycles. The first kappa shape index (κ1) is 24.6. The highest BCUT2D eigenvalue weighted by Crippen LogP contribution is 2.49. The average Bonchev–Trinajstić information content (AvgIpc) is 2.73. The van der Waals surface area contributed by atoms with Gasteiger partial charge >= 0.3 is 0 Å². The fourth-order valence-corrected chi connectivity index (χ4v) is 7.48. The van der Waals surface area contributed by atoms with E-state index in [9.17, 15) is 0 Å². The molecule has 0 amide bonds. The van der Waals surface area contributed by atoms with Crippen LogP contribution in [0.5, 0.6) is 0 Å². The van der Waals surface area contributed by atoms with Crippen LogP contribution in [-0.2, 0) is 0 Å². The van der Waals surface area contributed by atoms with Gasteiger partial charge in [0.25, 0.3) is 0 Å². The summed E-state index contributed by atoms with van der Waals surface area (Å²) in [5.41, 5.74) is 3.40. The number of hydrogen-bond donors (Lipinski definition) is 3. The molecule has 0 nitrogen and oxygen atoms in total. The van der Waals surface area contributed by atoms with Gasteiger partial charge < -0.3 is 0 Å². The van der Waals surface area contributed by atoms with Crippen molar-refractivity contribution in [2.45, 2.75) is 95.1 Å². The van der Waals surface area contributed by atoms with Crippen LogP contribution in [0, 0.1) is 10.8 Å². The predicted octanol–water partition coefficient (Wildman–Crippen LogP) is 8.58. The van der Waals surface area contributed by atoms with Crippen molar-refractivity contribution in [2.75, 3.05) is 11.5 Å². The van der Waals surface area contributed by atoms with Gasteiger partial charge in [0.1, 0.15) is 0 Å². The maximum Gasteiger partial charge on any atom is 0.0383 e. The SMILES string of the molecule is CCC1(CS)CCCC2(CS)CCCCCCCC(S)(C1)C1=C/C=C\C(=C\C=C1)C2. The molecule has 0 N–H and O–H groups in total. The number of thiol groups is 3. The van der Waals surface area contributed by atoms with Crippen LogP contribution < -0.4 is 0 Å². The molecule has 4 bridgehead atoms. The van der Waals surface area contributed by atoms with E-state index >= 15 is 0 Å². The van der Waals surface area contributed by atoms with Crippen molar-refractivity contribution in [1.29, 1.82) is 0 Å². The first-order valence-electron chi connectivity index (χ1n) is 12.2. The maximum atomic E-state index is 5.45. The van der Waals surface area contributed by atoms with Gasteiger partial charge in [0.05, 0.1) is 0 Å². The van der Waals surface area contributed by atoms with Crippen molar-refractivity contribution in [3.8, 4) is 0 Å². The summed E-state index contributed by atoms with van der Waals surface area (Å²) < 4.78 is -0.0796. The molecule has 0 radical (unpaired) electrons. The summed E-state index contributed by atoms with van der Waals surface area (Å²) in [5, 5.41) is 0. The van der Waals surface area contributed by atoms with Gasteiger partial charge in [-0.05, 0) is 78.4 Å². The third-order valence-corrected chi connectivity index (χ3v) is 10.1. The van der Waals surface area contributed by atoms with E-state index in [1.54, 1.807) is 0 Å². The van der Waals surface area contributed by atoms with E-state index in [1.165, 1.54) is 75.4 Å². The Morgan fingerprint density at radius 3 is 2.23 bits per heavy atom. The first-order chi connectivity index (χ1) is 14.5. The Morgan fingerprint density at radius 1 is 0.800 bits per heavy atom. The van der Waals surface area contributed by atoms with Crippen molar-refractivity contribution in [3.05, 3.63) is 47.6 Å². The third-order valence-electron chi connectivity index (χ3n) is 8.09. The smallest absolute Gasteiger partial charge is 0.0383 e. The van der Waals surface area contributed by atoms with Crippen molar-refractivity contribution in [3.63, 3.8) is 0 Å². The topological polar surface area (TPSA) is 0 Å². The largest absolute Gasteiger partial charge is 0.179 e. The zero-order chi connectivity index (χ0) is 21.5. The summed E-state index contributed by atoms with van der Waals surface area (Å²) in [7, 11) is 0. The van der Waals surface area contributed by atoms with E-state index < -0.39 is 0 Å². The molecule has 0 aromatic carbocycles. The van der Waals surface area contributed by atoms with E-state index in [0.717, 1.165) is 30.8 Å². The lowest BCUT2D eigenvalue weighted by molar-refractivity contribution is 0.198. The standard InChI is InChI=1S/C27H42S3/c1-2-25(21-28)16-10-17-26(22-29)15-6-4-3-5-7-18-27(30,20-25)24-13-8-11-23(19-26)12-9-14-24/h8-9,11-14,28-30H,2-7,10,15-22H2,1H3/b11-8-,12-9?,13-8?,14-9?,23-11?,23-12-,24-13?,24-14?. The number of fused-ring (bicyclic) bond motifs is 2. The number of rotatable bonds is 3. The molecule has 30 heavy (non-hydrogen) atoms. The van der Waals surface area contributed by atoms with Gasteiger partial charge in [0, 0.05) is 4.75 Å². The second kappa shape index (κ2) is 11.2. The van der Waals surface area contributed by atoms with Crippen molar-refractivity contribution >= 4 is 37.9 Å². The van der Waals surface area contributed by atoms with Crippen LogP contribution in [0.15, 0.2) is 47.6 Å². The molecule has 0 saturated heterocycles. The van der Waals surface area contributed by atoms with E-state index in [-0.39, 0.29) is 10.2 Å². The minimum absolute atomic E-state index is 0.0796. The molecule has 4 rings (SSSR count). The lowest BCUT2D eigenvalue weighted by atomic mass is 9.69. The first-order valence-corrected chi connectivity index (χ1v) is 13.9. The van der Waals surface area contributed by atoms with Crippen LogP contribution in [0.25, 0.3) is 0 Å². The highest BCUT2D eigenvalue weighted by molar-refractivity contribution is 7.82. The van der Waals surface area contributed by atoms with Gasteiger partial charge in [-0.15, -0.1) is 0 Å². The Bertz CT molecular complexity index is 682. The molecule has 0 spiro atoms. The molecule has 0 aromatic heterocycles. The van der Waals surface area contributed by atoms with Gasteiger partial charge in [-0.25, -0.2) is 0 Å². The average molecular weight is 463 g/mol. The molecular formula is C27H42S3. The van der Waals surface area contributed by atoms with Gasteiger partial charge in [-0.3, -0.25) is 0 Å². The summed E-state index contributed by atoms with van der Waals surface area (Å²) in [6.07, 6.45) is 30.3. The molecule has 168 valence electrons. The minimum atomic E-state index is -0.0796. The van der Waals surface area contributed by atoms with Gasteiger partial charge in [-0.2, -0.15) is 37.9 Å². The second-order valence-electron chi connectivity index (χ2n) is 10.3. The van der Waals surface area contributed by atoms with Crippen LogP contribution in [0.2, 0.25) is 0 Å². The van der Waals surface area contributed by atoms with Gasteiger partial charge in [0.15, 0.2) is 0 Å². The summed E-state index contributed by atoms with van der Waals surface area (Å²) >= 11 is 15.3. The summed E-state index contributed by atoms with van der Waals surface area (Å²) in [6, 6.07) is 0. The Labute approximate surface area is 202 Å². The normalized spacial score (nSPS) is 38.8. The fourth-order valence-electron chi connectivity index (χ4n) is 5.92. The number of hydrogen-bond acceptors (Lipinski definition) is 3. The molecule has 4 aliphatic carbocycles. The molecule has 0 aliphatic heterocycles. The third kappa shape index (κ3) is 6.07.